The van der Waals surface area contributed by atoms with E-state index < -0.39 is 5.90 Å². The third-order valence-electron chi connectivity index (χ3n) is 4.44. The van der Waals surface area contributed by atoms with Gasteiger partial charge in [0, 0.05) is 6.42 Å². The minimum atomic E-state index is -0.475. The van der Waals surface area contributed by atoms with E-state index >= 15 is 0 Å². The van der Waals surface area contributed by atoms with Crippen LogP contribution in [0.25, 0.3) is 32.3 Å². The molecule has 2 nitrogen and oxygen atoms in total. The first-order chi connectivity index (χ1) is 10.7. The second-order valence-corrected chi connectivity index (χ2v) is 5.86. The summed E-state index contributed by atoms with van der Waals surface area (Å²) < 4.78 is 0. The van der Waals surface area contributed by atoms with Gasteiger partial charge in [0.2, 0.25) is 5.90 Å². The van der Waals surface area contributed by atoms with Crippen LogP contribution in [0.5, 0.6) is 0 Å². The molecule has 0 aromatic heterocycles. The van der Waals surface area contributed by atoms with Gasteiger partial charge in [-0.3, -0.25) is 10.5 Å². The van der Waals surface area contributed by atoms with Crippen molar-refractivity contribution in [2.24, 2.45) is 0 Å². The maximum absolute atomic E-state index is 10.9. The number of rotatable bonds is 4. The largest absolute Gasteiger partial charge is 0.273 e. The van der Waals surface area contributed by atoms with Crippen molar-refractivity contribution in [2.75, 3.05) is 0 Å². The molecule has 2 heteroatoms. The number of hydrogen-bond donors (Lipinski definition) is 1. The molecule has 0 unspecified atom stereocenters. The fraction of sp³-hybridized carbons (Fsp3) is 0.150. The molecular weight excluding hydrogens is 270 g/mol. The Morgan fingerprint density at radius 2 is 1.55 bits per heavy atom. The second-order valence-electron chi connectivity index (χ2n) is 5.86. The highest BCUT2D eigenvalue weighted by Crippen LogP contribution is 2.36. The van der Waals surface area contributed by atoms with Gasteiger partial charge in [-0.25, -0.2) is 0 Å². The Labute approximate surface area is 128 Å². The minimum Gasteiger partial charge on any atom is -0.273 e. The lowest BCUT2D eigenvalue weighted by Gasteiger charge is -2.14. The molecule has 0 saturated heterocycles. The smallest absolute Gasteiger partial charge is 0.238 e. The van der Waals surface area contributed by atoms with Gasteiger partial charge >= 0.3 is 0 Å². The molecule has 0 fully saturated rings. The number of hydrogen-bond acceptors (Lipinski definition) is 1. The maximum atomic E-state index is 10.9. The normalized spacial score (nSPS) is 11.6. The molecule has 1 radical (unpaired) electrons. The second kappa shape index (κ2) is 4.99. The lowest BCUT2D eigenvalue weighted by molar-refractivity contribution is 0.404. The zero-order valence-corrected chi connectivity index (χ0v) is 12.2. The molecule has 1 N–H and O–H groups in total. The number of nitrogens with one attached hydrogen (secondary N) is 1. The Hall–Kier alpha value is -2.61. The van der Waals surface area contributed by atoms with E-state index in [2.05, 4.69) is 54.6 Å². The monoisotopic (exact) mass is 286 g/mol. The Bertz CT molecular complexity index is 987. The van der Waals surface area contributed by atoms with E-state index in [0.29, 0.717) is 6.42 Å². The molecule has 0 bridgehead atoms. The molecule has 4 rings (SSSR count). The van der Waals surface area contributed by atoms with Crippen molar-refractivity contribution < 1.29 is 5.11 Å². The predicted octanol–water partition coefficient (Wildman–Crippen LogP) is 5.31. The fourth-order valence-electron chi connectivity index (χ4n) is 3.48. The molecule has 4 aromatic carbocycles. The van der Waals surface area contributed by atoms with Crippen molar-refractivity contribution in [3.05, 3.63) is 60.2 Å². The van der Waals surface area contributed by atoms with Gasteiger partial charge in [0.05, 0.1) is 0 Å². The highest BCUT2D eigenvalue weighted by Gasteiger charge is 2.11. The zero-order valence-electron chi connectivity index (χ0n) is 12.2. The molecule has 0 atom stereocenters. The summed E-state index contributed by atoms with van der Waals surface area (Å²) in [4.78, 5) is 0. The number of benzene rings is 4. The first-order valence-electron chi connectivity index (χ1n) is 7.64. The van der Waals surface area contributed by atoms with Gasteiger partial charge in [-0.1, -0.05) is 54.6 Å². The Balaban J connectivity index is 1.98. The molecule has 0 aliphatic rings. The molecule has 22 heavy (non-hydrogen) atoms. The van der Waals surface area contributed by atoms with Gasteiger partial charge in [-0.05, 0) is 50.7 Å². The van der Waals surface area contributed by atoms with Crippen molar-refractivity contribution in [1.29, 1.82) is 5.41 Å². The van der Waals surface area contributed by atoms with Gasteiger partial charge < -0.3 is 0 Å². The summed E-state index contributed by atoms with van der Waals surface area (Å²) in [5.41, 5.74) is 1.28. The van der Waals surface area contributed by atoms with Gasteiger partial charge in [0.1, 0.15) is 0 Å². The van der Waals surface area contributed by atoms with Crippen LogP contribution >= 0.6 is 0 Å². The third kappa shape index (κ3) is 2.00. The van der Waals surface area contributed by atoms with Crippen LogP contribution in [-0.2, 0) is 11.5 Å². The van der Waals surface area contributed by atoms with Crippen molar-refractivity contribution in [3.63, 3.8) is 0 Å². The summed E-state index contributed by atoms with van der Waals surface area (Å²) in [6.45, 7) is 0. The lowest BCUT2D eigenvalue weighted by atomic mass is 9.90. The van der Waals surface area contributed by atoms with E-state index in [1.165, 1.54) is 37.9 Å². The van der Waals surface area contributed by atoms with Crippen LogP contribution in [0.15, 0.2) is 54.6 Å². The summed E-state index contributed by atoms with van der Waals surface area (Å²) in [6, 6.07) is 19.5. The average Bonchev–Trinajstić information content (AvgIpc) is 2.53. The number of aryl methyl sites for hydroxylation is 1. The van der Waals surface area contributed by atoms with E-state index in [-0.39, 0.29) is 0 Å². The van der Waals surface area contributed by atoms with E-state index in [0.717, 1.165) is 12.8 Å². The molecule has 0 heterocycles. The molecule has 0 saturated carbocycles. The van der Waals surface area contributed by atoms with Crippen molar-refractivity contribution in [3.8, 4) is 0 Å². The first kappa shape index (κ1) is 13.1. The van der Waals surface area contributed by atoms with Crippen molar-refractivity contribution in [1.82, 2.24) is 0 Å². The molecule has 107 valence electrons. The zero-order chi connectivity index (χ0) is 15.1. The topological polar surface area (TPSA) is 43.8 Å². The third-order valence-corrected chi connectivity index (χ3v) is 4.44. The van der Waals surface area contributed by atoms with Crippen LogP contribution in [0, 0.1) is 5.41 Å². The lowest BCUT2D eigenvalue weighted by Crippen LogP contribution is -1.95. The van der Waals surface area contributed by atoms with E-state index in [9.17, 15) is 5.11 Å². The highest BCUT2D eigenvalue weighted by atomic mass is 16.3. The summed E-state index contributed by atoms with van der Waals surface area (Å²) in [6.07, 6.45) is 1.91. The van der Waals surface area contributed by atoms with Gasteiger partial charge in [0.25, 0.3) is 0 Å². The van der Waals surface area contributed by atoms with Crippen LogP contribution in [0.3, 0.4) is 0 Å². The predicted molar refractivity (Wildman–Crippen MR) is 91.5 cm³/mol. The average molecular weight is 286 g/mol. The summed E-state index contributed by atoms with van der Waals surface area (Å²) >= 11 is 0. The van der Waals surface area contributed by atoms with Crippen LogP contribution in [-0.4, -0.2) is 5.90 Å². The van der Waals surface area contributed by atoms with Gasteiger partial charge in [-0.2, -0.15) is 0 Å². The minimum absolute atomic E-state index is 0.333. The summed E-state index contributed by atoms with van der Waals surface area (Å²) in [5, 5.41) is 25.7. The molecule has 0 aliphatic heterocycles. The quantitative estimate of drug-likeness (QED) is 0.300. The first-order valence-corrected chi connectivity index (χ1v) is 7.64. The van der Waals surface area contributed by atoms with E-state index in [4.69, 9.17) is 5.41 Å². The van der Waals surface area contributed by atoms with Crippen LogP contribution in [0.2, 0.25) is 0 Å². The van der Waals surface area contributed by atoms with E-state index in [1.54, 1.807) is 0 Å². The van der Waals surface area contributed by atoms with Crippen LogP contribution in [0.1, 0.15) is 18.4 Å². The van der Waals surface area contributed by atoms with Crippen molar-refractivity contribution in [2.45, 2.75) is 19.3 Å². The summed E-state index contributed by atoms with van der Waals surface area (Å²) in [5.74, 6) is -0.475. The SMILES string of the molecule is N=C([O])CCCc1cc2cccc3ccc4cccc1c4c32. The Morgan fingerprint density at radius 1 is 0.864 bits per heavy atom. The maximum Gasteiger partial charge on any atom is 0.238 e. The Morgan fingerprint density at radius 3 is 2.32 bits per heavy atom. The standard InChI is InChI=1S/C20H16NO/c21-18(22)9-3-6-15-12-16-7-1-4-13-10-11-14-5-2-8-17(15)20(14)19(13)16/h1-2,4-5,7-8,10-12,21H,3,6,9H2. The molecule has 0 amide bonds. The molecule has 4 aromatic rings. The van der Waals surface area contributed by atoms with Crippen molar-refractivity contribution >= 4 is 38.2 Å². The molecule has 0 spiro atoms. The Kier molecular flexibility index (Phi) is 2.97. The summed E-state index contributed by atoms with van der Waals surface area (Å²) in [7, 11) is 0. The van der Waals surface area contributed by atoms with Crippen LogP contribution in [0.4, 0.5) is 0 Å². The molecule has 0 aliphatic carbocycles. The van der Waals surface area contributed by atoms with Crippen LogP contribution < -0.4 is 0 Å². The fourth-order valence-corrected chi connectivity index (χ4v) is 3.48. The van der Waals surface area contributed by atoms with Gasteiger partial charge in [0.15, 0.2) is 0 Å². The molecular formula is C20H16NO. The van der Waals surface area contributed by atoms with Gasteiger partial charge in [-0.15, -0.1) is 0 Å². The van der Waals surface area contributed by atoms with E-state index in [1.807, 2.05) is 0 Å². The highest BCUT2D eigenvalue weighted by molar-refractivity contribution is 6.23.